The zero-order valence-electron chi connectivity index (χ0n) is 21.2. The number of anilines is 1. The smallest absolute Gasteiger partial charge is 0.317 e. The van der Waals surface area contributed by atoms with Crippen LogP contribution in [0.4, 0.5) is 10.6 Å². The van der Waals surface area contributed by atoms with E-state index in [4.69, 9.17) is 4.74 Å². The van der Waals surface area contributed by atoms with Gasteiger partial charge in [0.25, 0.3) is 0 Å². The Kier molecular flexibility index (Phi) is 10.3. The largest absolute Gasteiger partial charge is 0.485 e. The van der Waals surface area contributed by atoms with Crippen LogP contribution in [-0.2, 0) is 17.6 Å². The first-order valence-electron chi connectivity index (χ1n) is 12.1. The van der Waals surface area contributed by atoms with Gasteiger partial charge >= 0.3 is 6.03 Å². The van der Waals surface area contributed by atoms with Gasteiger partial charge in [0.2, 0.25) is 5.91 Å². The quantitative estimate of drug-likeness (QED) is 0.451. The standard InChI is InChI=1S/C18H20N4O3.C10H15N/c1-22-12-15(11-20-18(22)24)25-14-7-8-16(19-10-14)21-17(23)9-13-5-3-2-4-6-13;1-9-3-5-10(6-4-9)7-8-11-2/h2-8,10,15H,9,11-12H2,1H3,(H,20,24)(H,19,21,23);3-6,11H,7-8H2,1-2H3. The van der Waals surface area contributed by atoms with Crippen LogP contribution in [0.25, 0.3) is 0 Å². The summed E-state index contributed by atoms with van der Waals surface area (Å²) in [5.41, 5.74) is 3.69. The van der Waals surface area contributed by atoms with Gasteiger partial charge in [-0.25, -0.2) is 9.78 Å². The molecule has 1 fully saturated rings. The Morgan fingerprint density at radius 2 is 1.83 bits per heavy atom. The molecule has 1 atom stereocenters. The van der Waals surface area contributed by atoms with Crippen LogP contribution in [0.1, 0.15) is 16.7 Å². The molecule has 8 heteroatoms. The number of aryl methyl sites for hydroxylation is 1. The highest BCUT2D eigenvalue weighted by Crippen LogP contribution is 2.15. The van der Waals surface area contributed by atoms with E-state index < -0.39 is 0 Å². The van der Waals surface area contributed by atoms with Gasteiger partial charge in [-0.1, -0.05) is 60.2 Å². The number of hydrogen-bond donors (Lipinski definition) is 3. The fourth-order valence-electron chi connectivity index (χ4n) is 3.58. The second-order valence-electron chi connectivity index (χ2n) is 8.74. The zero-order valence-corrected chi connectivity index (χ0v) is 21.2. The molecular weight excluding hydrogens is 454 g/mol. The van der Waals surface area contributed by atoms with E-state index in [1.54, 1.807) is 30.3 Å². The lowest BCUT2D eigenvalue weighted by molar-refractivity contribution is -0.115. The van der Waals surface area contributed by atoms with E-state index in [1.165, 1.54) is 11.1 Å². The van der Waals surface area contributed by atoms with Gasteiger partial charge in [0.15, 0.2) is 0 Å². The third-order valence-electron chi connectivity index (χ3n) is 5.60. The SMILES string of the molecule is CN1CC(Oc2ccc(NC(=O)Cc3ccccc3)nc2)CNC1=O.CNCCc1ccc(C)cc1. The van der Waals surface area contributed by atoms with E-state index >= 15 is 0 Å². The van der Waals surface area contributed by atoms with Gasteiger partial charge in [-0.15, -0.1) is 0 Å². The fourth-order valence-corrected chi connectivity index (χ4v) is 3.58. The molecule has 3 amide bonds. The molecule has 2 heterocycles. The first kappa shape index (κ1) is 26.7. The van der Waals surface area contributed by atoms with Crippen molar-refractivity contribution in [3.63, 3.8) is 0 Å². The molecule has 3 N–H and O–H groups in total. The number of carbonyl (C=O) groups is 2. The second kappa shape index (κ2) is 13.8. The van der Waals surface area contributed by atoms with Crippen molar-refractivity contribution in [3.05, 3.63) is 89.6 Å². The number of nitrogens with one attached hydrogen (secondary N) is 3. The molecule has 2 aromatic carbocycles. The van der Waals surface area contributed by atoms with Gasteiger partial charge in [-0.05, 0) is 50.2 Å². The third-order valence-corrected chi connectivity index (χ3v) is 5.60. The molecule has 1 saturated heterocycles. The maximum atomic E-state index is 12.0. The summed E-state index contributed by atoms with van der Waals surface area (Å²) in [5.74, 6) is 0.946. The lowest BCUT2D eigenvalue weighted by atomic mass is 10.1. The summed E-state index contributed by atoms with van der Waals surface area (Å²) < 4.78 is 5.80. The number of hydrogen-bond acceptors (Lipinski definition) is 5. The molecule has 0 saturated carbocycles. The van der Waals surface area contributed by atoms with Crippen LogP contribution < -0.4 is 20.7 Å². The molecule has 0 bridgehead atoms. The Hall–Kier alpha value is -3.91. The van der Waals surface area contributed by atoms with Crippen LogP contribution in [-0.4, -0.2) is 61.7 Å². The third kappa shape index (κ3) is 9.03. The van der Waals surface area contributed by atoms with Crippen LogP contribution in [0.5, 0.6) is 5.75 Å². The lowest BCUT2D eigenvalue weighted by Crippen LogP contribution is -2.53. The summed E-state index contributed by atoms with van der Waals surface area (Å²) in [4.78, 5) is 29.2. The van der Waals surface area contributed by atoms with E-state index in [0.717, 1.165) is 18.5 Å². The Balaban J connectivity index is 0.000000275. The van der Waals surface area contributed by atoms with Gasteiger partial charge in [0, 0.05) is 7.05 Å². The van der Waals surface area contributed by atoms with Crippen molar-refractivity contribution in [2.75, 3.05) is 39.0 Å². The summed E-state index contributed by atoms with van der Waals surface area (Å²) in [6, 6.07) is 21.6. The Bertz CT molecular complexity index is 1090. The van der Waals surface area contributed by atoms with Crippen LogP contribution >= 0.6 is 0 Å². The number of nitrogens with zero attached hydrogens (tertiary/aromatic N) is 2. The number of urea groups is 1. The summed E-state index contributed by atoms with van der Waals surface area (Å²) >= 11 is 0. The maximum Gasteiger partial charge on any atom is 0.317 e. The van der Waals surface area contributed by atoms with E-state index in [9.17, 15) is 9.59 Å². The molecule has 0 spiro atoms. The van der Waals surface area contributed by atoms with Gasteiger partial charge in [-0.3, -0.25) is 4.79 Å². The molecule has 3 aromatic rings. The average Bonchev–Trinajstić information content (AvgIpc) is 2.88. The van der Waals surface area contributed by atoms with Crippen LogP contribution in [0, 0.1) is 6.92 Å². The van der Waals surface area contributed by atoms with Crippen molar-refractivity contribution in [1.29, 1.82) is 0 Å². The molecule has 0 radical (unpaired) electrons. The van der Waals surface area contributed by atoms with Crippen molar-refractivity contribution in [2.24, 2.45) is 0 Å². The number of rotatable bonds is 8. The summed E-state index contributed by atoms with van der Waals surface area (Å²) in [6.45, 7) is 4.14. The van der Waals surface area contributed by atoms with Gasteiger partial charge in [0.1, 0.15) is 17.7 Å². The number of carbonyl (C=O) groups excluding carboxylic acids is 2. The minimum Gasteiger partial charge on any atom is -0.485 e. The highest BCUT2D eigenvalue weighted by Gasteiger charge is 2.23. The van der Waals surface area contributed by atoms with Crippen LogP contribution in [0.15, 0.2) is 72.9 Å². The molecule has 1 aromatic heterocycles. The predicted molar refractivity (Wildman–Crippen MR) is 142 cm³/mol. The van der Waals surface area contributed by atoms with E-state index in [1.807, 2.05) is 37.4 Å². The molecule has 36 heavy (non-hydrogen) atoms. The minimum atomic E-state index is -0.136. The normalized spacial score (nSPS) is 14.8. The number of likely N-dealkylation sites (N-methyl/N-ethyl adjacent to an activating group) is 2. The molecule has 190 valence electrons. The molecule has 1 unspecified atom stereocenters. The van der Waals surface area contributed by atoms with Gasteiger partial charge in [-0.2, -0.15) is 0 Å². The predicted octanol–water partition coefficient (Wildman–Crippen LogP) is 3.42. The fraction of sp³-hybridized carbons (Fsp3) is 0.321. The minimum absolute atomic E-state index is 0.102. The Labute approximate surface area is 213 Å². The van der Waals surface area contributed by atoms with E-state index in [-0.39, 0.29) is 18.0 Å². The molecule has 0 aliphatic carbocycles. The van der Waals surface area contributed by atoms with Gasteiger partial charge < -0.3 is 25.6 Å². The lowest BCUT2D eigenvalue weighted by Gasteiger charge is -2.30. The highest BCUT2D eigenvalue weighted by atomic mass is 16.5. The number of aromatic nitrogens is 1. The second-order valence-corrected chi connectivity index (χ2v) is 8.74. The Morgan fingerprint density at radius 1 is 1.08 bits per heavy atom. The van der Waals surface area contributed by atoms with Crippen molar-refractivity contribution in [3.8, 4) is 5.75 Å². The number of pyridine rings is 1. The summed E-state index contributed by atoms with van der Waals surface area (Å²) in [6.07, 6.45) is 2.85. The molecule has 1 aliphatic rings. The summed E-state index contributed by atoms with van der Waals surface area (Å²) in [7, 11) is 3.70. The number of ether oxygens (including phenoxy) is 1. The van der Waals surface area contributed by atoms with Crippen molar-refractivity contribution >= 4 is 17.8 Å². The topological polar surface area (TPSA) is 95.6 Å². The first-order chi connectivity index (χ1) is 17.4. The monoisotopic (exact) mass is 489 g/mol. The van der Waals surface area contributed by atoms with Crippen molar-refractivity contribution in [1.82, 2.24) is 20.5 Å². The molecule has 4 rings (SSSR count). The van der Waals surface area contributed by atoms with Crippen LogP contribution in [0.2, 0.25) is 0 Å². The van der Waals surface area contributed by atoms with Gasteiger partial charge in [0.05, 0.1) is 25.7 Å². The molecule has 8 nitrogen and oxygen atoms in total. The van der Waals surface area contributed by atoms with Crippen molar-refractivity contribution < 1.29 is 14.3 Å². The number of benzene rings is 2. The maximum absolute atomic E-state index is 12.0. The highest BCUT2D eigenvalue weighted by molar-refractivity contribution is 5.91. The van der Waals surface area contributed by atoms with Crippen molar-refractivity contribution in [2.45, 2.75) is 25.9 Å². The van der Waals surface area contributed by atoms with E-state index in [2.05, 4.69) is 52.1 Å². The number of amides is 3. The average molecular weight is 490 g/mol. The molecular formula is C28H35N5O3. The molecule has 1 aliphatic heterocycles. The van der Waals surface area contributed by atoms with Crippen LogP contribution in [0.3, 0.4) is 0 Å². The first-order valence-corrected chi connectivity index (χ1v) is 12.1. The summed E-state index contributed by atoms with van der Waals surface area (Å²) in [5, 5.41) is 8.64. The van der Waals surface area contributed by atoms with E-state index in [0.29, 0.717) is 31.1 Å². The Morgan fingerprint density at radius 3 is 2.47 bits per heavy atom. The zero-order chi connectivity index (χ0) is 25.8.